The monoisotopic (exact) mass is 340 g/mol. The molecule has 1 aliphatic heterocycles. The summed E-state index contributed by atoms with van der Waals surface area (Å²) in [5.41, 5.74) is 2.36. The van der Waals surface area contributed by atoms with Crippen LogP contribution in [0.25, 0.3) is 16.9 Å². The molecule has 0 aliphatic carbocycles. The number of aliphatic hydroxyl groups excluding tert-OH is 1. The predicted octanol–water partition coefficient (Wildman–Crippen LogP) is 0.635. The molecule has 0 unspecified atom stereocenters. The summed E-state index contributed by atoms with van der Waals surface area (Å²) in [4.78, 5) is 17.9. The van der Waals surface area contributed by atoms with Crippen LogP contribution in [0.15, 0.2) is 36.8 Å². The van der Waals surface area contributed by atoms with Gasteiger partial charge in [0.2, 0.25) is 5.95 Å². The van der Waals surface area contributed by atoms with Gasteiger partial charge >= 0.3 is 0 Å². The van der Waals surface area contributed by atoms with Crippen molar-refractivity contribution in [2.75, 3.05) is 44.2 Å². The van der Waals surface area contributed by atoms with Gasteiger partial charge in [-0.1, -0.05) is 0 Å². The summed E-state index contributed by atoms with van der Waals surface area (Å²) in [7, 11) is 0. The number of phenolic OH excluding ortho intramolecular Hbond substituents is 1. The molecule has 0 atom stereocenters. The summed E-state index contributed by atoms with van der Waals surface area (Å²) in [5.74, 6) is 0.918. The third-order valence-electron chi connectivity index (χ3n) is 4.48. The lowest BCUT2D eigenvalue weighted by molar-refractivity contribution is 0.188. The van der Waals surface area contributed by atoms with E-state index in [0.29, 0.717) is 12.5 Å². The molecule has 1 saturated heterocycles. The van der Waals surface area contributed by atoms with Crippen molar-refractivity contribution in [1.29, 1.82) is 0 Å². The molecule has 3 aromatic rings. The highest BCUT2D eigenvalue weighted by Crippen LogP contribution is 2.20. The van der Waals surface area contributed by atoms with Crippen molar-refractivity contribution in [3.63, 3.8) is 0 Å². The van der Waals surface area contributed by atoms with E-state index in [-0.39, 0.29) is 12.4 Å². The number of nitrogens with zero attached hydrogens (tertiary/aromatic N) is 6. The summed E-state index contributed by atoms with van der Waals surface area (Å²) in [5, 5.41) is 18.5. The minimum atomic E-state index is 0.189. The molecule has 0 amide bonds. The van der Waals surface area contributed by atoms with Gasteiger partial charge in [0.25, 0.3) is 0 Å². The summed E-state index contributed by atoms with van der Waals surface area (Å²) < 4.78 is 1.89. The predicted molar refractivity (Wildman–Crippen MR) is 94.1 cm³/mol. The van der Waals surface area contributed by atoms with Crippen LogP contribution in [-0.4, -0.2) is 74.0 Å². The quantitative estimate of drug-likeness (QED) is 0.720. The van der Waals surface area contributed by atoms with Crippen molar-refractivity contribution < 1.29 is 10.2 Å². The molecule has 0 bridgehead atoms. The zero-order valence-corrected chi connectivity index (χ0v) is 13.8. The molecule has 8 heteroatoms. The zero-order valence-electron chi connectivity index (χ0n) is 13.8. The number of benzene rings is 1. The second-order valence-corrected chi connectivity index (χ2v) is 6.06. The van der Waals surface area contributed by atoms with Crippen LogP contribution < -0.4 is 4.90 Å². The molecular weight excluding hydrogens is 320 g/mol. The maximum Gasteiger partial charge on any atom is 0.227 e. The minimum Gasteiger partial charge on any atom is -0.508 e. The number of hydrogen-bond donors (Lipinski definition) is 2. The van der Waals surface area contributed by atoms with Gasteiger partial charge in [-0.2, -0.15) is 4.98 Å². The van der Waals surface area contributed by atoms with Gasteiger partial charge in [-0.25, -0.2) is 9.97 Å². The Morgan fingerprint density at radius 3 is 2.48 bits per heavy atom. The normalized spacial score (nSPS) is 15.8. The fraction of sp³-hybridized carbons (Fsp3) is 0.353. The molecule has 130 valence electrons. The van der Waals surface area contributed by atoms with E-state index in [0.717, 1.165) is 43.0 Å². The van der Waals surface area contributed by atoms with Crippen molar-refractivity contribution in [2.45, 2.75) is 0 Å². The van der Waals surface area contributed by atoms with Crippen molar-refractivity contribution in [3.8, 4) is 11.4 Å². The lowest BCUT2D eigenvalue weighted by Gasteiger charge is -2.34. The molecule has 0 saturated carbocycles. The largest absolute Gasteiger partial charge is 0.508 e. The minimum absolute atomic E-state index is 0.189. The molecule has 2 aromatic heterocycles. The Balaban J connectivity index is 1.62. The van der Waals surface area contributed by atoms with Gasteiger partial charge < -0.3 is 15.1 Å². The third kappa shape index (κ3) is 3.13. The second kappa shape index (κ2) is 6.66. The van der Waals surface area contributed by atoms with Gasteiger partial charge in [-0.05, 0) is 24.3 Å². The Labute approximate surface area is 145 Å². The first-order valence-corrected chi connectivity index (χ1v) is 8.32. The third-order valence-corrected chi connectivity index (χ3v) is 4.48. The SMILES string of the molecule is OCCN1CCN(c2ncc3ncn(-c4ccc(O)cc4)c3n2)CC1. The molecular formula is C17H20N6O2. The van der Waals surface area contributed by atoms with E-state index in [1.54, 1.807) is 24.7 Å². The van der Waals surface area contributed by atoms with Crippen LogP contribution in [0.4, 0.5) is 5.95 Å². The molecule has 0 spiro atoms. The molecule has 1 aliphatic rings. The molecule has 1 aromatic carbocycles. The van der Waals surface area contributed by atoms with E-state index in [9.17, 15) is 5.11 Å². The lowest BCUT2D eigenvalue weighted by atomic mass is 10.3. The van der Waals surface area contributed by atoms with Crippen LogP contribution in [0.5, 0.6) is 5.75 Å². The number of hydrogen-bond acceptors (Lipinski definition) is 7. The van der Waals surface area contributed by atoms with Crippen molar-refractivity contribution in [3.05, 3.63) is 36.8 Å². The molecule has 3 heterocycles. The summed E-state index contributed by atoms with van der Waals surface area (Å²) in [6, 6.07) is 6.94. The Bertz CT molecular complexity index is 855. The number of β-amino-alcohol motifs (C(OH)–C–C–N with tert-alkyl or cyclic N) is 1. The number of rotatable bonds is 4. The van der Waals surface area contributed by atoms with Crippen molar-refractivity contribution in [2.24, 2.45) is 0 Å². The Kier molecular flexibility index (Phi) is 4.21. The van der Waals surface area contributed by atoms with Gasteiger partial charge in [0.1, 0.15) is 17.6 Å². The van der Waals surface area contributed by atoms with Gasteiger partial charge in [-0.3, -0.25) is 9.47 Å². The highest BCUT2D eigenvalue weighted by molar-refractivity contribution is 5.73. The standard InChI is InChI=1S/C17H20N6O2/c24-10-9-21-5-7-22(8-6-21)17-18-11-15-16(20-17)23(12-19-15)13-1-3-14(25)4-2-13/h1-4,11-12,24-25H,5-10H2. The summed E-state index contributed by atoms with van der Waals surface area (Å²) in [6.07, 6.45) is 3.46. The number of fused-ring (bicyclic) bond motifs is 1. The smallest absolute Gasteiger partial charge is 0.227 e. The average Bonchev–Trinajstić information content (AvgIpc) is 3.06. The number of aliphatic hydroxyl groups is 1. The van der Waals surface area contributed by atoms with Crippen molar-refractivity contribution >= 4 is 17.1 Å². The van der Waals surface area contributed by atoms with Crippen LogP contribution >= 0.6 is 0 Å². The first-order chi connectivity index (χ1) is 12.2. The number of imidazole rings is 1. The second-order valence-electron chi connectivity index (χ2n) is 6.06. The Hall–Kier alpha value is -2.71. The number of piperazine rings is 1. The van der Waals surface area contributed by atoms with E-state index < -0.39 is 0 Å². The van der Waals surface area contributed by atoms with E-state index in [4.69, 9.17) is 10.1 Å². The van der Waals surface area contributed by atoms with Crippen LogP contribution in [0.2, 0.25) is 0 Å². The highest BCUT2D eigenvalue weighted by atomic mass is 16.3. The van der Waals surface area contributed by atoms with Gasteiger partial charge in [-0.15, -0.1) is 0 Å². The van der Waals surface area contributed by atoms with E-state index >= 15 is 0 Å². The highest BCUT2D eigenvalue weighted by Gasteiger charge is 2.19. The molecule has 4 rings (SSSR count). The van der Waals surface area contributed by atoms with Crippen LogP contribution in [0, 0.1) is 0 Å². The van der Waals surface area contributed by atoms with E-state index in [1.807, 2.05) is 16.7 Å². The maximum absolute atomic E-state index is 9.46. The number of anilines is 1. The van der Waals surface area contributed by atoms with Crippen LogP contribution in [-0.2, 0) is 0 Å². The first-order valence-electron chi connectivity index (χ1n) is 8.32. The van der Waals surface area contributed by atoms with Crippen LogP contribution in [0.1, 0.15) is 0 Å². The fourth-order valence-corrected chi connectivity index (χ4v) is 3.07. The van der Waals surface area contributed by atoms with Gasteiger partial charge in [0.05, 0.1) is 12.8 Å². The maximum atomic E-state index is 9.46. The van der Waals surface area contributed by atoms with Gasteiger partial charge in [0, 0.05) is 38.4 Å². The van der Waals surface area contributed by atoms with Crippen molar-refractivity contribution in [1.82, 2.24) is 24.4 Å². The topological polar surface area (TPSA) is 90.5 Å². The summed E-state index contributed by atoms with van der Waals surface area (Å²) in [6.45, 7) is 4.34. The molecule has 2 N–H and O–H groups in total. The van der Waals surface area contributed by atoms with E-state index in [2.05, 4.69) is 19.8 Å². The molecule has 0 radical (unpaired) electrons. The first kappa shape index (κ1) is 15.8. The lowest BCUT2D eigenvalue weighted by Crippen LogP contribution is -2.47. The average molecular weight is 340 g/mol. The molecule has 8 nitrogen and oxygen atoms in total. The Morgan fingerprint density at radius 1 is 1.00 bits per heavy atom. The van der Waals surface area contributed by atoms with E-state index in [1.165, 1.54) is 0 Å². The number of aromatic nitrogens is 4. The zero-order chi connectivity index (χ0) is 17.2. The van der Waals surface area contributed by atoms with Crippen LogP contribution in [0.3, 0.4) is 0 Å². The fourth-order valence-electron chi connectivity index (χ4n) is 3.07. The number of phenols is 1. The number of aromatic hydroxyl groups is 1. The van der Waals surface area contributed by atoms with Gasteiger partial charge in [0.15, 0.2) is 5.65 Å². The Morgan fingerprint density at radius 2 is 1.76 bits per heavy atom. The molecule has 1 fully saturated rings. The summed E-state index contributed by atoms with van der Waals surface area (Å²) >= 11 is 0. The molecule has 25 heavy (non-hydrogen) atoms.